The van der Waals surface area contributed by atoms with Gasteiger partial charge in [-0.2, -0.15) is 0 Å². The Kier molecular flexibility index (Phi) is 5.90. The van der Waals surface area contributed by atoms with Gasteiger partial charge in [0.2, 0.25) is 5.91 Å². The lowest BCUT2D eigenvalue weighted by atomic mass is 10.2. The lowest BCUT2D eigenvalue weighted by Crippen LogP contribution is -2.23. The second kappa shape index (κ2) is 7.21. The van der Waals surface area contributed by atoms with Crippen LogP contribution in [-0.4, -0.2) is 25.7 Å². The quantitative estimate of drug-likeness (QED) is 0.721. The molecule has 1 aromatic carbocycles. The summed E-state index contributed by atoms with van der Waals surface area (Å²) in [7, 11) is 0. The summed E-state index contributed by atoms with van der Waals surface area (Å²) in [6.07, 6.45) is 0. The smallest absolute Gasteiger partial charge is 0.243 e. The van der Waals surface area contributed by atoms with Gasteiger partial charge in [0.25, 0.3) is 0 Å². The number of rotatable bonds is 7. The molecule has 6 heteroatoms. The van der Waals surface area contributed by atoms with E-state index in [1.54, 1.807) is 12.1 Å². The Morgan fingerprint density at radius 2 is 2.29 bits per heavy atom. The minimum atomic E-state index is -0.490. The molecule has 0 radical (unpaired) electrons. The van der Waals surface area contributed by atoms with E-state index in [0.29, 0.717) is 19.7 Å². The van der Waals surface area contributed by atoms with Crippen molar-refractivity contribution in [3.8, 4) is 0 Å². The van der Waals surface area contributed by atoms with Crippen molar-refractivity contribution in [1.29, 1.82) is 0 Å². The number of amides is 1. The first-order chi connectivity index (χ1) is 8.09. The van der Waals surface area contributed by atoms with Gasteiger partial charge in [-0.1, -0.05) is 17.7 Å². The van der Waals surface area contributed by atoms with Gasteiger partial charge in [0, 0.05) is 13.1 Å². The van der Waals surface area contributed by atoms with Gasteiger partial charge in [-0.05, 0) is 17.7 Å². The normalized spacial score (nSPS) is 10.5. The van der Waals surface area contributed by atoms with Gasteiger partial charge in [0.1, 0.15) is 12.4 Å². The highest BCUT2D eigenvalue weighted by Crippen LogP contribution is 2.15. The topological polar surface area (TPSA) is 64.4 Å². The van der Waals surface area contributed by atoms with E-state index in [9.17, 15) is 9.18 Å². The lowest BCUT2D eigenvalue weighted by molar-refractivity contribution is -0.122. The van der Waals surface area contributed by atoms with E-state index in [0.717, 1.165) is 5.56 Å². The first kappa shape index (κ1) is 13.9. The Balaban J connectivity index is 2.18. The van der Waals surface area contributed by atoms with Crippen molar-refractivity contribution in [1.82, 2.24) is 5.32 Å². The molecule has 0 bridgehead atoms. The number of nitrogens with one attached hydrogen (secondary N) is 1. The molecule has 1 aromatic rings. The summed E-state index contributed by atoms with van der Waals surface area (Å²) in [6.45, 7) is 1.43. The number of halogens is 2. The summed E-state index contributed by atoms with van der Waals surface area (Å²) < 4.78 is 17.8. The van der Waals surface area contributed by atoms with Crippen molar-refractivity contribution < 1.29 is 13.9 Å². The number of ether oxygens (including phenoxy) is 1. The Morgan fingerprint density at radius 1 is 1.53 bits per heavy atom. The molecule has 0 aliphatic heterocycles. The van der Waals surface area contributed by atoms with E-state index < -0.39 is 11.7 Å². The van der Waals surface area contributed by atoms with Crippen molar-refractivity contribution in [2.45, 2.75) is 6.54 Å². The molecule has 1 amide bonds. The highest BCUT2D eigenvalue weighted by atomic mass is 35.5. The van der Waals surface area contributed by atoms with Crippen molar-refractivity contribution in [2.75, 3.05) is 19.8 Å². The maximum Gasteiger partial charge on any atom is 0.243 e. The third-order valence-corrected chi connectivity index (χ3v) is 2.27. The average Bonchev–Trinajstić information content (AvgIpc) is 2.27. The summed E-state index contributed by atoms with van der Waals surface area (Å²) >= 11 is 5.63. The molecule has 0 atom stereocenters. The third-order valence-electron chi connectivity index (χ3n) is 1.98. The maximum absolute atomic E-state index is 12.8. The molecule has 0 spiro atoms. The van der Waals surface area contributed by atoms with Crippen molar-refractivity contribution in [3.63, 3.8) is 0 Å². The second-order valence-electron chi connectivity index (χ2n) is 3.44. The Bertz CT molecular complexity index is 388. The van der Waals surface area contributed by atoms with E-state index >= 15 is 0 Å². The van der Waals surface area contributed by atoms with Gasteiger partial charge in [0.15, 0.2) is 0 Å². The average molecular weight is 261 g/mol. The molecule has 17 heavy (non-hydrogen) atoms. The monoisotopic (exact) mass is 260 g/mol. The number of primary amides is 1. The number of nitrogens with two attached hydrogens (primary N) is 1. The van der Waals surface area contributed by atoms with Crippen LogP contribution in [0.25, 0.3) is 0 Å². The molecule has 0 heterocycles. The Hall–Kier alpha value is -1.17. The standard InChI is InChI=1S/C11H14ClFN2O2/c12-9-5-8(1-2-10(9)13)6-15-3-4-17-7-11(14)16/h1-2,5,15H,3-4,6-7H2,(H2,14,16). The van der Waals surface area contributed by atoms with E-state index in [-0.39, 0.29) is 11.6 Å². The molecule has 4 nitrogen and oxygen atoms in total. The van der Waals surface area contributed by atoms with Crippen LogP contribution in [0.5, 0.6) is 0 Å². The van der Waals surface area contributed by atoms with Gasteiger partial charge >= 0.3 is 0 Å². The number of hydrogen-bond donors (Lipinski definition) is 2. The predicted molar refractivity (Wildman–Crippen MR) is 63.1 cm³/mol. The zero-order valence-electron chi connectivity index (χ0n) is 9.21. The lowest BCUT2D eigenvalue weighted by Gasteiger charge is -2.06. The van der Waals surface area contributed by atoms with Crippen molar-refractivity contribution >= 4 is 17.5 Å². The molecule has 94 valence electrons. The molecule has 3 N–H and O–H groups in total. The number of carbonyl (C=O) groups excluding carboxylic acids is 1. The van der Waals surface area contributed by atoms with Gasteiger partial charge in [-0.3, -0.25) is 4.79 Å². The van der Waals surface area contributed by atoms with Crippen LogP contribution in [0.3, 0.4) is 0 Å². The van der Waals surface area contributed by atoms with Crippen LogP contribution >= 0.6 is 11.6 Å². The number of hydrogen-bond acceptors (Lipinski definition) is 3. The minimum absolute atomic E-state index is 0.0793. The summed E-state index contributed by atoms with van der Waals surface area (Å²) in [6, 6.07) is 4.54. The van der Waals surface area contributed by atoms with Crippen molar-refractivity contribution in [2.24, 2.45) is 5.73 Å². The van der Waals surface area contributed by atoms with Crippen LogP contribution in [0.4, 0.5) is 4.39 Å². The minimum Gasteiger partial charge on any atom is -0.370 e. The molecule has 0 saturated heterocycles. The van der Waals surface area contributed by atoms with Gasteiger partial charge < -0.3 is 15.8 Å². The highest BCUT2D eigenvalue weighted by Gasteiger charge is 2.00. The van der Waals surface area contributed by atoms with Crippen LogP contribution < -0.4 is 11.1 Å². The number of carbonyl (C=O) groups is 1. The van der Waals surface area contributed by atoms with Gasteiger partial charge in [0.05, 0.1) is 11.6 Å². The molecular formula is C11H14ClFN2O2. The van der Waals surface area contributed by atoms with E-state index in [4.69, 9.17) is 22.1 Å². The van der Waals surface area contributed by atoms with Crippen LogP contribution in [0.15, 0.2) is 18.2 Å². The molecule has 0 saturated carbocycles. The fourth-order valence-electron chi connectivity index (χ4n) is 1.20. The first-order valence-corrected chi connectivity index (χ1v) is 5.48. The molecule has 0 aromatic heterocycles. The van der Waals surface area contributed by atoms with E-state index in [2.05, 4.69) is 5.32 Å². The molecule has 0 aliphatic rings. The third kappa shape index (κ3) is 5.63. The van der Waals surface area contributed by atoms with Crippen LogP contribution in [0, 0.1) is 5.82 Å². The first-order valence-electron chi connectivity index (χ1n) is 5.10. The number of benzene rings is 1. The van der Waals surface area contributed by atoms with Gasteiger partial charge in [-0.15, -0.1) is 0 Å². The summed E-state index contributed by atoms with van der Waals surface area (Å²) in [5, 5.41) is 3.17. The predicted octanol–water partition coefficient (Wildman–Crippen LogP) is 1.07. The fraction of sp³-hybridized carbons (Fsp3) is 0.364. The summed E-state index contributed by atoms with van der Waals surface area (Å²) in [5.41, 5.74) is 5.78. The molecular weight excluding hydrogens is 247 g/mol. The zero-order valence-corrected chi connectivity index (χ0v) is 9.97. The van der Waals surface area contributed by atoms with Crippen LogP contribution in [-0.2, 0) is 16.1 Å². The Morgan fingerprint density at radius 3 is 2.94 bits per heavy atom. The molecule has 0 unspecified atom stereocenters. The SMILES string of the molecule is NC(=O)COCCNCc1ccc(F)c(Cl)c1. The largest absolute Gasteiger partial charge is 0.370 e. The van der Waals surface area contributed by atoms with Crippen LogP contribution in [0.1, 0.15) is 5.56 Å². The van der Waals surface area contributed by atoms with Crippen LogP contribution in [0.2, 0.25) is 5.02 Å². The Labute approximate surface area is 104 Å². The van der Waals surface area contributed by atoms with E-state index in [1.165, 1.54) is 6.07 Å². The summed E-state index contributed by atoms with van der Waals surface area (Å²) in [4.78, 5) is 10.3. The second-order valence-corrected chi connectivity index (χ2v) is 3.85. The molecule has 0 fully saturated rings. The molecule has 1 rings (SSSR count). The maximum atomic E-state index is 12.8. The fourth-order valence-corrected chi connectivity index (χ4v) is 1.40. The van der Waals surface area contributed by atoms with E-state index in [1.807, 2.05) is 0 Å². The molecule has 0 aliphatic carbocycles. The van der Waals surface area contributed by atoms with Gasteiger partial charge in [-0.25, -0.2) is 4.39 Å². The summed E-state index contributed by atoms with van der Waals surface area (Å²) in [5.74, 6) is -0.921. The zero-order chi connectivity index (χ0) is 12.7. The van der Waals surface area contributed by atoms with Crippen molar-refractivity contribution in [3.05, 3.63) is 34.6 Å². The highest BCUT2D eigenvalue weighted by molar-refractivity contribution is 6.30.